The number of benzene rings is 1. The normalized spacial score (nSPS) is 14.3. The van der Waals surface area contributed by atoms with Crippen LogP contribution in [0.3, 0.4) is 0 Å². The molecule has 1 aromatic carbocycles. The molecule has 30 heavy (non-hydrogen) atoms. The highest BCUT2D eigenvalue weighted by Gasteiger charge is 2.59. The highest BCUT2D eigenvalue weighted by molar-refractivity contribution is 7.72. The minimum absolute atomic E-state index is 0.0735. The van der Waals surface area contributed by atoms with Crippen LogP contribution in [0.4, 0.5) is 0 Å². The van der Waals surface area contributed by atoms with Gasteiger partial charge in [0.1, 0.15) is 5.75 Å². The Bertz CT molecular complexity index is 977. The molecule has 1 aromatic heterocycles. The van der Waals surface area contributed by atoms with Gasteiger partial charge in [0.15, 0.2) is 0 Å². The first-order valence-corrected chi connectivity index (χ1v) is 12.5. The fourth-order valence-electron chi connectivity index (χ4n) is 3.61. The number of fused-ring (bicyclic) bond motifs is 1. The lowest BCUT2D eigenvalue weighted by atomic mass is 9.77. The van der Waals surface area contributed by atoms with Gasteiger partial charge >= 0.3 is 15.2 Å². The molecule has 0 fully saturated rings. The van der Waals surface area contributed by atoms with Gasteiger partial charge in [0.05, 0.1) is 30.5 Å². The summed E-state index contributed by atoms with van der Waals surface area (Å²) in [6.45, 7) is 10.1. The first-order valence-electron chi connectivity index (χ1n) is 9.26. The summed E-state index contributed by atoms with van der Waals surface area (Å²) >= 11 is 0. The van der Waals surface area contributed by atoms with Gasteiger partial charge in [-0.05, 0) is 29.4 Å². The summed E-state index contributed by atoms with van der Waals surface area (Å²) in [5.41, 5.74) is 0.788. The molecule has 0 spiro atoms. The molecule has 0 aliphatic rings. The number of nitrogens with zero attached hydrogens (tertiary/aromatic N) is 2. The fourth-order valence-corrected chi connectivity index (χ4v) is 5.64. The summed E-state index contributed by atoms with van der Waals surface area (Å²) in [5, 5.41) is 6.58. The number of imidazole rings is 1. The van der Waals surface area contributed by atoms with Crippen LogP contribution in [0.15, 0.2) is 24.5 Å². The molecule has 0 saturated heterocycles. The van der Waals surface area contributed by atoms with Crippen LogP contribution < -0.4 is 4.74 Å². The van der Waals surface area contributed by atoms with E-state index in [-0.39, 0.29) is 10.8 Å². The molecule has 0 radical (unpaired) electrons. The summed E-state index contributed by atoms with van der Waals surface area (Å²) in [6, 6.07) is 4.79. The van der Waals surface area contributed by atoms with Crippen LogP contribution >= 0.6 is 15.2 Å². The van der Waals surface area contributed by atoms with E-state index >= 15 is 0 Å². The predicted molar refractivity (Wildman–Crippen MR) is 112 cm³/mol. The summed E-state index contributed by atoms with van der Waals surface area (Å²) in [4.78, 5) is 41.4. The van der Waals surface area contributed by atoms with Crippen molar-refractivity contribution in [2.75, 3.05) is 6.61 Å². The monoisotopic (exact) mass is 464 g/mol. The SMILES string of the molecule is CC(C)(C)CC(C)(C)COc1ccc2c(c1)ncn2CC(O)(P(=O)(O)O)P(=O)(O)O. The predicted octanol–water partition coefficient (Wildman–Crippen LogP) is 2.88. The van der Waals surface area contributed by atoms with E-state index in [1.165, 1.54) is 0 Å². The Labute approximate surface area is 175 Å². The maximum absolute atomic E-state index is 11.6. The molecule has 0 aliphatic heterocycles. The number of rotatable bonds is 8. The van der Waals surface area contributed by atoms with Gasteiger partial charge in [-0.2, -0.15) is 0 Å². The van der Waals surface area contributed by atoms with E-state index in [9.17, 15) is 33.8 Å². The number of aromatic nitrogens is 2. The Morgan fingerprint density at radius 3 is 2.10 bits per heavy atom. The molecule has 2 rings (SSSR count). The Balaban J connectivity index is 2.26. The van der Waals surface area contributed by atoms with E-state index in [1.54, 1.807) is 18.2 Å². The molecule has 10 nitrogen and oxygen atoms in total. The number of hydrogen-bond acceptors (Lipinski definition) is 5. The van der Waals surface area contributed by atoms with Crippen molar-refractivity contribution in [3.63, 3.8) is 0 Å². The first-order chi connectivity index (χ1) is 13.3. The second kappa shape index (κ2) is 8.02. The highest BCUT2D eigenvalue weighted by Crippen LogP contribution is 2.68. The average molecular weight is 464 g/mol. The van der Waals surface area contributed by atoms with Gasteiger partial charge in [0.2, 0.25) is 0 Å². The van der Waals surface area contributed by atoms with Gasteiger partial charge in [0, 0.05) is 6.07 Å². The van der Waals surface area contributed by atoms with Crippen molar-refractivity contribution in [2.45, 2.75) is 52.7 Å². The van der Waals surface area contributed by atoms with Crippen molar-refractivity contribution >= 4 is 26.2 Å². The third-order valence-electron chi connectivity index (χ3n) is 4.55. The molecule has 0 bridgehead atoms. The molecule has 0 aliphatic carbocycles. The minimum Gasteiger partial charge on any atom is -0.493 e. The van der Waals surface area contributed by atoms with E-state index in [1.807, 2.05) is 0 Å². The molecule has 12 heteroatoms. The van der Waals surface area contributed by atoms with Gasteiger partial charge in [0.25, 0.3) is 5.08 Å². The standard InChI is InChI=1S/C18H30N2O8P2/c1-16(2,3)9-17(4,5)11-28-13-6-7-15-14(8-13)19-12-20(15)10-18(21,29(22,23)24)30(25,26)27/h6-8,12,21H,9-11H2,1-5H3,(H2,22,23,24)(H2,25,26,27). The second-order valence-electron chi connectivity index (χ2n) is 9.58. The lowest BCUT2D eigenvalue weighted by Crippen LogP contribution is -2.33. The third kappa shape index (κ3) is 5.71. The van der Waals surface area contributed by atoms with Crippen molar-refractivity contribution in [1.29, 1.82) is 0 Å². The smallest absolute Gasteiger partial charge is 0.371 e. The van der Waals surface area contributed by atoms with Gasteiger partial charge in [-0.3, -0.25) is 9.13 Å². The van der Waals surface area contributed by atoms with Crippen molar-refractivity contribution in [1.82, 2.24) is 9.55 Å². The van der Waals surface area contributed by atoms with Gasteiger partial charge in [-0.25, -0.2) is 4.98 Å². The average Bonchev–Trinajstić information content (AvgIpc) is 2.91. The Kier molecular flexibility index (Phi) is 6.69. The molecule has 0 amide bonds. The zero-order valence-corrected chi connectivity index (χ0v) is 19.5. The minimum atomic E-state index is -5.57. The topological polar surface area (TPSA) is 162 Å². The van der Waals surface area contributed by atoms with Crippen LogP contribution in [0.2, 0.25) is 0 Å². The summed E-state index contributed by atoms with van der Waals surface area (Å²) in [5.74, 6) is 0.537. The Morgan fingerprint density at radius 1 is 1.03 bits per heavy atom. The highest BCUT2D eigenvalue weighted by atomic mass is 31.2. The molecule has 0 atom stereocenters. The fraction of sp³-hybridized carbons (Fsp3) is 0.611. The molecule has 0 saturated carbocycles. The van der Waals surface area contributed by atoms with Gasteiger partial charge < -0.3 is 34.0 Å². The molecule has 1 heterocycles. The van der Waals surface area contributed by atoms with E-state index in [2.05, 4.69) is 39.6 Å². The van der Waals surface area contributed by atoms with E-state index in [4.69, 9.17) is 4.74 Å². The number of aliphatic hydroxyl groups is 1. The molecule has 170 valence electrons. The van der Waals surface area contributed by atoms with Crippen LogP contribution in [-0.4, -0.2) is 45.9 Å². The molecule has 5 N–H and O–H groups in total. The summed E-state index contributed by atoms with van der Waals surface area (Å²) < 4.78 is 30.2. The number of hydrogen-bond donors (Lipinski definition) is 5. The van der Waals surface area contributed by atoms with Crippen LogP contribution in [0, 0.1) is 10.8 Å². The van der Waals surface area contributed by atoms with Crippen LogP contribution in [0.25, 0.3) is 11.0 Å². The quantitative estimate of drug-likeness (QED) is 0.370. The van der Waals surface area contributed by atoms with Gasteiger partial charge in [-0.15, -0.1) is 0 Å². The van der Waals surface area contributed by atoms with Crippen LogP contribution in [-0.2, 0) is 15.7 Å². The summed E-state index contributed by atoms with van der Waals surface area (Å²) in [6.07, 6.45) is 2.09. The Hall–Kier alpha value is -1.25. The second-order valence-corrected chi connectivity index (χ2v) is 13.6. The van der Waals surface area contributed by atoms with E-state index in [0.717, 1.165) is 17.3 Å². The third-order valence-corrected chi connectivity index (χ3v) is 8.26. The van der Waals surface area contributed by atoms with Crippen molar-refractivity contribution in [3.05, 3.63) is 24.5 Å². The molecular weight excluding hydrogens is 434 g/mol. The van der Waals surface area contributed by atoms with Crippen LogP contribution in [0.1, 0.15) is 41.0 Å². The maximum atomic E-state index is 11.6. The first kappa shape index (κ1) is 25.0. The van der Waals surface area contributed by atoms with E-state index in [0.29, 0.717) is 23.4 Å². The lowest BCUT2D eigenvalue weighted by Gasteiger charge is -2.32. The number of ether oxygens (including phenoxy) is 1. The zero-order valence-electron chi connectivity index (χ0n) is 17.7. The van der Waals surface area contributed by atoms with Crippen LogP contribution in [0.5, 0.6) is 5.75 Å². The molecule has 2 aromatic rings. The zero-order chi connectivity index (χ0) is 23.2. The lowest BCUT2D eigenvalue weighted by molar-refractivity contribution is 0.116. The maximum Gasteiger partial charge on any atom is 0.371 e. The van der Waals surface area contributed by atoms with Gasteiger partial charge in [-0.1, -0.05) is 34.6 Å². The van der Waals surface area contributed by atoms with E-state index < -0.39 is 26.8 Å². The van der Waals surface area contributed by atoms with Crippen molar-refractivity contribution in [3.8, 4) is 5.75 Å². The summed E-state index contributed by atoms with van der Waals surface area (Å²) in [7, 11) is -11.1. The van der Waals surface area contributed by atoms with Crippen molar-refractivity contribution < 1.29 is 38.5 Å². The van der Waals surface area contributed by atoms with Crippen molar-refractivity contribution in [2.24, 2.45) is 10.8 Å². The Morgan fingerprint density at radius 2 is 1.60 bits per heavy atom. The molecular formula is C18H30N2O8P2. The molecule has 0 unspecified atom stereocenters. The largest absolute Gasteiger partial charge is 0.493 e.